The molecule has 0 aliphatic heterocycles. The van der Waals surface area contributed by atoms with Crippen LogP contribution in [0.15, 0.2) is 46.9 Å². The lowest BCUT2D eigenvalue weighted by Gasteiger charge is -2.24. The number of hydrogen-bond donors (Lipinski definition) is 1. The molecule has 112 valence electrons. The minimum atomic E-state index is 0.205. The Balaban J connectivity index is 2.15. The minimum absolute atomic E-state index is 0.205. The van der Waals surface area contributed by atoms with Crippen molar-refractivity contribution in [2.75, 3.05) is 0 Å². The molecule has 0 aliphatic carbocycles. The highest BCUT2D eigenvalue weighted by atomic mass is 79.9. The van der Waals surface area contributed by atoms with Crippen molar-refractivity contribution in [3.63, 3.8) is 0 Å². The fourth-order valence-corrected chi connectivity index (χ4v) is 3.33. The Hall–Kier alpha value is -0.830. The van der Waals surface area contributed by atoms with Crippen LogP contribution >= 0.6 is 27.5 Å². The highest BCUT2D eigenvalue weighted by molar-refractivity contribution is 9.10. The maximum Gasteiger partial charge on any atom is 0.0464 e. The molecule has 21 heavy (non-hydrogen) atoms. The Kier molecular flexibility index (Phi) is 5.86. The standard InChI is InChI=1S/C18H21BrClN/c1-4-18(14-7-5-12(2)6-8-14)21-13(3)16-10-9-15(19)11-17(16)20/h5-11,13,18,21H,4H2,1-3H3. The average molecular weight is 367 g/mol. The Morgan fingerprint density at radius 3 is 2.38 bits per heavy atom. The lowest BCUT2D eigenvalue weighted by atomic mass is 10.0. The summed E-state index contributed by atoms with van der Waals surface area (Å²) in [5, 5.41) is 4.47. The lowest BCUT2D eigenvalue weighted by Crippen LogP contribution is -2.24. The van der Waals surface area contributed by atoms with Gasteiger partial charge in [0.05, 0.1) is 0 Å². The monoisotopic (exact) mass is 365 g/mol. The molecule has 2 atom stereocenters. The quantitative estimate of drug-likeness (QED) is 0.663. The molecule has 1 nitrogen and oxygen atoms in total. The van der Waals surface area contributed by atoms with E-state index < -0.39 is 0 Å². The molecule has 0 saturated carbocycles. The highest BCUT2D eigenvalue weighted by Gasteiger charge is 2.15. The number of hydrogen-bond acceptors (Lipinski definition) is 1. The van der Waals surface area contributed by atoms with E-state index in [9.17, 15) is 0 Å². The number of benzene rings is 2. The first-order chi connectivity index (χ1) is 10.0. The second kappa shape index (κ2) is 7.44. The van der Waals surface area contributed by atoms with Gasteiger partial charge in [-0.15, -0.1) is 0 Å². The molecule has 0 fully saturated rings. The van der Waals surface area contributed by atoms with Crippen LogP contribution in [0, 0.1) is 6.92 Å². The Labute approximate surface area is 140 Å². The maximum absolute atomic E-state index is 6.35. The van der Waals surface area contributed by atoms with Crippen molar-refractivity contribution < 1.29 is 0 Å². The van der Waals surface area contributed by atoms with Crippen molar-refractivity contribution in [1.29, 1.82) is 0 Å². The van der Waals surface area contributed by atoms with Crippen molar-refractivity contribution in [3.05, 3.63) is 68.7 Å². The van der Waals surface area contributed by atoms with Crippen molar-refractivity contribution in [2.24, 2.45) is 0 Å². The van der Waals surface area contributed by atoms with Crippen LogP contribution in [0.2, 0.25) is 5.02 Å². The molecule has 2 aromatic carbocycles. The fourth-order valence-electron chi connectivity index (χ4n) is 2.49. The lowest BCUT2D eigenvalue weighted by molar-refractivity contribution is 0.456. The summed E-state index contributed by atoms with van der Waals surface area (Å²) < 4.78 is 1.01. The van der Waals surface area contributed by atoms with Gasteiger partial charge < -0.3 is 5.32 Å². The predicted octanol–water partition coefficient (Wildman–Crippen LogP) is 6.21. The summed E-state index contributed by atoms with van der Waals surface area (Å²) >= 11 is 9.80. The molecule has 2 rings (SSSR count). The molecule has 0 amide bonds. The second-order valence-corrected chi connectivity index (χ2v) is 6.75. The van der Waals surface area contributed by atoms with Crippen LogP contribution in [0.3, 0.4) is 0 Å². The Morgan fingerprint density at radius 2 is 1.81 bits per heavy atom. The molecule has 3 heteroatoms. The molecular weight excluding hydrogens is 346 g/mol. The summed E-state index contributed by atoms with van der Waals surface area (Å²) in [7, 11) is 0. The molecule has 0 spiro atoms. The van der Waals surface area contributed by atoms with Crippen LogP contribution in [-0.2, 0) is 0 Å². The second-order valence-electron chi connectivity index (χ2n) is 5.43. The Bertz CT molecular complexity index is 595. The molecule has 1 N–H and O–H groups in total. The molecule has 0 heterocycles. The van der Waals surface area contributed by atoms with E-state index >= 15 is 0 Å². The van der Waals surface area contributed by atoms with Gasteiger partial charge in [0.2, 0.25) is 0 Å². The van der Waals surface area contributed by atoms with Crippen molar-refractivity contribution >= 4 is 27.5 Å². The third kappa shape index (κ3) is 4.32. The van der Waals surface area contributed by atoms with Gasteiger partial charge >= 0.3 is 0 Å². The molecule has 0 radical (unpaired) electrons. The van der Waals surface area contributed by atoms with E-state index in [1.807, 2.05) is 12.1 Å². The molecule has 0 bridgehead atoms. The van der Waals surface area contributed by atoms with E-state index in [2.05, 4.69) is 72.3 Å². The van der Waals surface area contributed by atoms with Gasteiger partial charge in [0, 0.05) is 21.6 Å². The smallest absolute Gasteiger partial charge is 0.0464 e. The zero-order chi connectivity index (χ0) is 15.4. The minimum Gasteiger partial charge on any atom is -0.303 e. The first-order valence-electron chi connectivity index (χ1n) is 7.28. The highest BCUT2D eigenvalue weighted by Crippen LogP contribution is 2.29. The first kappa shape index (κ1) is 16.5. The van der Waals surface area contributed by atoms with E-state index in [0.717, 1.165) is 21.5 Å². The van der Waals surface area contributed by atoms with Crippen LogP contribution in [0.1, 0.15) is 49.0 Å². The molecule has 2 aromatic rings. The molecule has 0 aliphatic rings. The normalized spacial score (nSPS) is 14.0. The fraction of sp³-hybridized carbons (Fsp3) is 0.333. The van der Waals surface area contributed by atoms with E-state index in [0.29, 0.717) is 6.04 Å². The summed E-state index contributed by atoms with van der Waals surface area (Å²) in [6, 6.07) is 15.3. The Morgan fingerprint density at radius 1 is 1.14 bits per heavy atom. The van der Waals surface area contributed by atoms with Gasteiger partial charge in [0.25, 0.3) is 0 Å². The van der Waals surface area contributed by atoms with Crippen molar-refractivity contribution in [3.8, 4) is 0 Å². The molecule has 0 saturated heterocycles. The number of nitrogens with one attached hydrogen (secondary N) is 1. The van der Waals surface area contributed by atoms with Crippen LogP contribution < -0.4 is 5.32 Å². The van der Waals surface area contributed by atoms with Crippen molar-refractivity contribution in [2.45, 2.75) is 39.3 Å². The van der Waals surface area contributed by atoms with Gasteiger partial charge in [-0.1, -0.05) is 70.3 Å². The van der Waals surface area contributed by atoms with Gasteiger partial charge in [-0.3, -0.25) is 0 Å². The summed E-state index contributed by atoms with van der Waals surface area (Å²) in [5.74, 6) is 0. The average Bonchev–Trinajstić information content (AvgIpc) is 2.45. The first-order valence-corrected chi connectivity index (χ1v) is 8.46. The third-order valence-corrected chi connectivity index (χ3v) is 4.59. The van der Waals surface area contributed by atoms with Crippen molar-refractivity contribution in [1.82, 2.24) is 5.32 Å². The summed E-state index contributed by atoms with van der Waals surface area (Å²) in [6.45, 7) is 6.47. The summed E-state index contributed by atoms with van der Waals surface area (Å²) in [4.78, 5) is 0. The zero-order valence-electron chi connectivity index (χ0n) is 12.7. The van der Waals surface area contributed by atoms with Gasteiger partial charge in [0.15, 0.2) is 0 Å². The van der Waals surface area contributed by atoms with Crippen LogP contribution in [-0.4, -0.2) is 0 Å². The SMILES string of the molecule is CCC(NC(C)c1ccc(Br)cc1Cl)c1ccc(C)cc1. The van der Waals surface area contributed by atoms with Crippen LogP contribution in [0.5, 0.6) is 0 Å². The molecule has 0 aromatic heterocycles. The van der Waals surface area contributed by atoms with E-state index in [1.54, 1.807) is 0 Å². The van der Waals surface area contributed by atoms with Crippen LogP contribution in [0.25, 0.3) is 0 Å². The zero-order valence-corrected chi connectivity index (χ0v) is 15.0. The third-order valence-electron chi connectivity index (χ3n) is 3.77. The van der Waals surface area contributed by atoms with Crippen LogP contribution in [0.4, 0.5) is 0 Å². The molecule has 2 unspecified atom stereocenters. The number of halogens is 2. The largest absolute Gasteiger partial charge is 0.303 e. The number of aryl methyl sites for hydroxylation is 1. The summed E-state index contributed by atoms with van der Waals surface area (Å²) in [6.07, 6.45) is 1.04. The topological polar surface area (TPSA) is 12.0 Å². The summed E-state index contributed by atoms with van der Waals surface area (Å²) in [5.41, 5.74) is 3.74. The number of rotatable bonds is 5. The van der Waals surface area contributed by atoms with E-state index in [4.69, 9.17) is 11.6 Å². The van der Waals surface area contributed by atoms with E-state index in [-0.39, 0.29) is 6.04 Å². The van der Waals surface area contributed by atoms with Gasteiger partial charge in [0.1, 0.15) is 0 Å². The van der Waals surface area contributed by atoms with E-state index in [1.165, 1.54) is 11.1 Å². The van der Waals surface area contributed by atoms with Gasteiger partial charge in [-0.05, 0) is 43.5 Å². The predicted molar refractivity (Wildman–Crippen MR) is 94.9 cm³/mol. The maximum atomic E-state index is 6.35. The van der Waals surface area contributed by atoms with Gasteiger partial charge in [-0.2, -0.15) is 0 Å². The molecular formula is C18H21BrClN. The van der Waals surface area contributed by atoms with Gasteiger partial charge in [-0.25, -0.2) is 0 Å².